The highest BCUT2D eigenvalue weighted by Crippen LogP contribution is 2.27. The molecule has 98 valence electrons. The van der Waals surface area contributed by atoms with Gasteiger partial charge in [-0.3, -0.25) is 10.1 Å². The molecule has 2 aromatic carbocycles. The average Bonchev–Trinajstić information content (AvgIpc) is 2.45. The first-order chi connectivity index (χ1) is 9.22. The number of nitro benzene ring substituents is 1. The van der Waals surface area contributed by atoms with Crippen molar-refractivity contribution in [2.24, 2.45) is 0 Å². The van der Waals surface area contributed by atoms with E-state index >= 15 is 0 Å². The summed E-state index contributed by atoms with van der Waals surface area (Å²) in [7, 11) is 0. The Hall–Kier alpha value is -2.20. The van der Waals surface area contributed by atoms with Gasteiger partial charge < -0.3 is 5.11 Å². The van der Waals surface area contributed by atoms with Crippen LogP contribution in [0, 0.1) is 10.1 Å². The number of aryl methyl sites for hydroxylation is 1. The Bertz CT molecular complexity index is 567. The van der Waals surface area contributed by atoms with Gasteiger partial charge in [0.1, 0.15) is 0 Å². The summed E-state index contributed by atoms with van der Waals surface area (Å²) in [4.78, 5) is 10.6. The molecule has 0 unspecified atom stereocenters. The molecular weight excluding hydrogens is 242 g/mol. The van der Waals surface area contributed by atoms with Crippen LogP contribution < -0.4 is 0 Å². The number of nitrogens with zero attached hydrogens (tertiary/aromatic N) is 1. The van der Waals surface area contributed by atoms with Gasteiger partial charge in [-0.05, 0) is 36.1 Å². The second-order valence-electron chi connectivity index (χ2n) is 4.29. The second-order valence-corrected chi connectivity index (χ2v) is 4.29. The molecule has 0 atom stereocenters. The highest BCUT2D eigenvalue weighted by molar-refractivity contribution is 5.66. The standard InChI is InChI=1S/C15H15NO3/c17-10-4-7-14-11-13(8-9-15(14)16(18)19)12-5-2-1-3-6-12/h1-3,5-6,8-9,11,17H,4,7,10H2. The summed E-state index contributed by atoms with van der Waals surface area (Å²) < 4.78 is 0. The minimum Gasteiger partial charge on any atom is -0.396 e. The maximum atomic E-state index is 11.0. The van der Waals surface area contributed by atoms with Crippen molar-refractivity contribution >= 4 is 5.69 Å². The molecule has 2 aromatic rings. The van der Waals surface area contributed by atoms with E-state index < -0.39 is 0 Å². The minimum atomic E-state index is -0.374. The third kappa shape index (κ3) is 3.17. The SMILES string of the molecule is O=[N+]([O-])c1ccc(-c2ccccc2)cc1CCCO. The van der Waals surface area contributed by atoms with Crippen LogP contribution in [0.2, 0.25) is 0 Å². The topological polar surface area (TPSA) is 63.4 Å². The van der Waals surface area contributed by atoms with E-state index in [0.29, 0.717) is 18.4 Å². The quantitative estimate of drug-likeness (QED) is 0.661. The molecule has 0 amide bonds. The largest absolute Gasteiger partial charge is 0.396 e. The van der Waals surface area contributed by atoms with E-state index in [0.717, 1.165) is 11.1 Å². The Kier molecular flexibility index (Phi) is 4.26. The second kappa shape index (κ2) is 6.11. The van der Waals surface area contributed by atoms with Gasteiger partial charge in [0.25, 0.3) is 5.69 Å². The lowest BCUT2D eigenvalue weighted by atomic mass is 9.99. The summed E-state index contributed by atoms with van der Waals surface area (Å²) in [6, 6.07) is 14.9. The summed E-state index contributed by atoms with van der Waals surface area (Å²) in [6.45, 7) is 0.0344. The number of aliphatic hydroxyl groups excluding tert-OH is 1. The van der Waals surface area contributed by atoms with E-state index in [2.05, 4.69) is 0 Å². The highest BCUT2D eigenvalue weighted by Gasteiger charge is 2.14. The number of hydrogen-bond acceptors (Lipinski definition) is 3. The molecule has 0 aliphatic heterocycles. The molecule has 4 nitrogen and oxygen atoms in total. The lowest BCUT2D eigenvalue weighted by Crippen LogP contribution is -1.97. The van der Waals surface area contributed by atoms with Crippen molar-refractivity contribution in [1.29, 1.82) is 0 Å². The zero-order valence-electron chi connectivity index (χ0n) is 10.5. The van der Waals surface area contributed by atoms with Crippen molar-refractivity contribution in [2.45, 2.75) is 12.8 Å². The molecule has 0 heterocycles. The zero-order chi connectivity index (χ0) is 13.7. The van der Waals surface area contributed by atoms with Crippen LogP contribution in [0.4, 0.5) is 5.69 Å². The number of nitro groups is 1. The Morgan fingerprint density at radius 1 is 1.05 bits per heavy atom. The van der Waals surface area contributed by atoms with Gasteiger partial charge in [-0.1, -0.05) is 30.3 Å². The maximum Gasteiger partial charge on any atom is 0.272 e. The Morgan fingerprint density at radius 3 is 2.42 bits per heavy atom. The number of aliphatic hydroxyl groups is 1. The zero-order valence-corrected chi connectivity index (χ0v) is 10.5. The van der Waals surface area contributed by atoms with Crippen LogP contribution in [0.3, 0.4) is 0 Å². The van der Waals surface area contributed by atoms with Crippen LogP contribution in [-0.4, -0.2) is 16.6 Å². The molecule has 0 spiro atoms. The summed E-state index contributed by atoms with van der Waals surface area (Å²) in [5, 5.41) is 19.8. The normalized spacial score (nSPS) is 10.4. The van der Waals surface area contributed by atoms with E-state index in [1.807, 2.05) is 36.4 Å². The van der Waals surface area contributed by atoms with Crippen molar-refractivity contribution in [3.63, 3.8) is 0 Å². The first-order valence-corrected chi connectivity index (χ1v) is 6.16. The Balaban J connectivity index is 2.40. The lowest BCUT2D eigenvalue weighted by Gasteiger charge is -2.06. The van der Waals surface area contributed by atoms with Crippen molar-refractivity contribution < 1.29 is 10.0 Å². The van der Waals surface area contributed by atoms with E-state index in [1.54, 1.807) is 6.07 Å². The molecular formula is C15H15NO3. The van der Waals surface area contributed by atoms with E-state index in [1.165, 1.54) is 6.07 Å². The van der Waals surface area contributed by atoms with E-state index in [-0.39, 0.29) is 17.2 Å². The number of hydrogen-bond donors (Lipinski definition) is 1. The molecule has 0 fully saturated rings. The predicted molar refractivity (Wildman–Crippen MR) is 73.9 cm³/mol. The fraction of sp³-hybridized carbons (Fsp3) is 0.200. The maximum absolute atomic E-state index is 11.0. The van der Waals surface area contributed by atoms with Crippen molar-refractivity contribution in [1.82, 2.24) is 0 Å². The van der Waals surface area contributed by atoms with Crippen LogP contribution in [-0.2, 0) is 6.42 Å². The fourth-order valence-corrected chi connectivity index (χ4v) is 2.04. The molecule has 4 heteroatoms. The van der Waals surface area contributed by atoms with E-state index in [4.69, 9.17) is 5.11 Å². The van der Waals surface area contributed by atoms with Crippen molar-refractivity contribution in [3.05, 3.63) is 64.2 Å². The first-order valence-electron chi connectivity index (χ1n) is 6.16. The summed E-state index contributed by atoms with van der Waals surface area (Å²) in [5.41, 5.74) is 2.77. The van der Waals surface area contributed by atoms with Crippen LogP contribution >= 0.6 is 0 Å². The third-order valence-electron chi connectivity index (χ3n) is 2.99. The summed E-state index contributed by atoms with van der Waals surface area (Å²) in [6.07, 6.45) is 1.03. The minimum absolute atomic E-state index is 0.0344. The Morgan fingerprint density at radius 2 is 1.79 bits per heavy atom. The van der Waals surface area contributed by atoms with Crippen molar-refractivity contribution in [3.8, 4) is 11.1 Å². The van der Waals surface area contributed by atoms with Gasteiger partial charge in [0.05, 0.1) is 4.92 Å². The highest BCUT2D eigenvalue weighted by atomic mass is 16.6. The summed E-state index contributed by atoms with van der Waals surface area (Å²) in [5.74, 6) is 0. The van der Waals surface area contributed by atoms with Gasteiger partial charge in [-0.2, -0.15) is 0 Å². The van der Waals surface area contributed by atoms with Crippen LogP contribution in [0.25, 0.3) is 11.1 Å². The van der Waals surface area contributed by atoms with Crippen LogP contribution in [0.15, 0.2) is 48.5 Å². The van der Waals surface area contributed by atoms with Gasteiger partial charge in [0, 0.05) is 18.2 Å². The molecule has 0 bridgehead atoms. The molecule has 0 aliphatic carbocycles. The number of benzene rings is 2. The van der Waals surface area contributed by atoms with Gasteiger partial charge in [0.15, 0.2) is 0 Å². The molecule has 0 saturated heterocycles. The van der Waals surface area contributed by atoms with Gasteiger partial charge in [-0.25, -0.2) is 0 Å². The van der Waals surface area contributed by atoms with Gasteiger partial charge in [-0.15, -0.1) is 0 Å². The monoisotopic (exact) mass is 257 g/mol. The van der Waals surface area contributed by atoms with Gasteiger partial charge in [0.2, 0.25) is 0 Å². The van der Waals surface area contributed by atoms with Crippen LogP contribution in [0.1, 0.15) is 12.0 Å². The predicted octanol–water partition coefficient (Wildman–Crippen LogP) is 3.19. The summed E-state index contributed by atoms with van der Waals surface area (Å²) >= 11 is 0. The van der Waals surface area contributed by atoms with Crippen molar-refractivity contribution in [2.75, 3.05) is 6.61 Å². The molecule has 0 radical (unpaired) electrons. The molecule has 0 aliphatic rings. The Labute approximate surface area is 111 Å². The smallest absolute Gasteiger partial charge is 0.272 e. The molecule has 0 aromatic heterocycles. The third-order valence-corrected chi connectivity index (χ3v) is 2.99. The lowest BCUT2D eigenvalue weighted by molar-refractivity contribution is -0.385. The molecule has 19 heavy (non-hydrogen) atoms. The molecule has 0 saturated carbocycles. The van der Waals surface area contributed by atoms with Crippen LogP contribution in [0.5, 0.6) is 0 Å². The molecule has 2 rings (SSSR count). The van der Waals surface area contributed by atoms with E-state index in [9.17, 15) is 10.1 Å². The fourth-order valence-electron chi connectivity index (χ4n) is 2.04. The number of rotatable bonds is 5. The van der Waals surface area contributed by atoms with Gasteiger partial charge >= 0.3 is 0 Å². The first kappa shape index (κ1) is 13.2. The average molecular weight is 257 g/mol. The molecule has 1 N–H and O–H groups in total.